The molecule has 116 valence electrons. The van der Waals surface area contributed by atoms with Crippen molar-refractivity contribution in [2.75, 3.05) is 6.61 Å². The van der Waals surface area contributed by atoms with Gasteiger partial charge in [0, 0.05) is 12.4 Å². The molecule has 0 saturated heterocycles. The number of ether oxygens (including phenoxy) is 1. The lowest BCUT2D eigenvalue weighted by atomic mass is 10.2. The standard InChI is InChI=1S/C16H19N3O3/c1-12-4-6-14(7-5-12)22-11-13(2)18-15(20)10-19-9-3-8-17-16(19)21/h3-9,13H,10-11H2,1-2H3,(H,18,20)/t13-/m0/s1. The number of rotatable bonds is 6. The van der Waals surface area contributed by atoms with Gasteiger partial charge in [0.05, 0.1) is 6.04 Å². The van der Waals surface area contributed by atoms with Crippen molar-refractivity contribution < 1.29 is 9.53 Å². The van der Waals surface area contributed by atoms with Gasteiger partial charge in [-0.25, -0.2) is 9.78 Å². The topological polar surface area (TPSA) is 73.2 Å². The fourth-order valence-electron chi connectivity index (χ4n) is 1.88. The molecule has 0 spiro atoms. The van der Waals surface area contributed by atoms with Crippen molar-refractivity contribution in [1.29, 1.82) is 0 Å². The van der Waals surface area contributed by atoms with E-state index >= 15 is 0 Å². The van der Waals surface area contributed by atoms with E-state index in [-0.39, 0.29) is 18.5 Å². The van der Waals surface area contributed by atoms with E-state index in [1.54, 1.807) is 6.07 Å². The predicted molar refractivity (Wildman–Crippen MR) is 82.8 cm³/mol. The number of aromatic nitrogens is 2. The van der Waals surface area contributed by atoms with Gasteiger partial charge < -0.3 is 10.1 Å². The van der Waals surface area contributed by atoms with Gasteiger partial charge in [0.25, 0.3) is 0 Å². The second kappa shape index (κ2) is 7.40. The van der Waals surface area contributed by atoms with Crippen LogP contribution < -0.4 is 15.7 Å². The van der Waals surface area contributed by atoms with Crippen molar-refractivity contribution in [1.82, 2.24) is 14.9 Å². The summed E-state index contributed by atoms with van der Waals surface area (Å²) in [6.07, 6.45) is 2.93. The number of carbonyl (C=O) groups excluding carboxylic acids is 1. The minimum atomic E-state index is -0.443. The summed E-state index contributed by atoms with van der Waals surface area (Å²) in [5.41, 5.74) is 0.719. The molecule has 1 aromatic heterocycles. The van der Waals surface area contributed by atoms with E-state index in [9.17, 15) is 9.59 Å². The van der Waals surface area contributed by atoms with Crippen LogP contribution in [0.1, 0.15) is 12.5 Å². The molecule has 6 nitrogen and oxygen atoms in total. The fraction of sp³-hybridized carbons (Fsp3) is 0.312. The highest BCUT2D eigenvalue weighted by molar-refractivity contribution is 5.75. The third-order valence-corrected chi connectivity index (χ3v) is 3.03. The number of hydrogen-bond donors (Lipinski definition) is 1. The molecule has 0 aliphatic carbocycles. The zero-order valence-corrected chi connectivity index (χ0v) is 12.7. The van der Waals surface area contributed by atoms with Crippen LogP contribution >= 0.6 is 0 Å². The first kappa shape index (κ1) is 15.8. The van der Waals surface area contributed by atoms with Crippen LogP contribution in [-0.4, -0.2) is 28.1 Å². The molecule has 0 unspecified atom stereocenters. The van der Waals surface area contributed by atoms with Gasteiger partial charge in [-0.15, -0.1) is 0 Å². The molecule has 1 atom stereocenters. The van der Waals surface area contributed by atoms with E-state index in [4.69, 9.17) is 4.74 Å². The van der Waals surface area contributed by atoms with E-state index in [0.717, 1.165) is 11.3 Å². The minimum absolute atomic E-state index is 0.0540. The highest BCUT2D eigenvalue weighted by Gasteiger charge is 2.09. The lowest BCUT2D eigenvalue weighted by molar-refractivity contribution is -0.122. The smallest absolute Gasteiger partial charge is 0.347 e. The highest BCUT2D eigenvalue weighted by atomic mass is 16.5. The van der Waals surface area contributed by atoms with Gasteiger partial charge in [0.1, 0.15) is 18.9 Å². The monoisotopic (exact) mass is 301 g/mol. The third-order valence-electron chi connectivity index (χ3n) is 3.03. The molecular formula is C16H19N3O3. The van der Waals surface area contributed by atoms with Gasteiger partial charge >= 0.3 is 5.69 Å². The van der Waals surface area contributed by atoms with Crippen molar-refractivity contribution in [3.8, 4) is 5.75 Å². The fourth-order valence-corrected chi connectivity index (χ4v) is 1.88. The Kier molecular flexibility index (Phi) is 5.30. The molecule has 22 heavy (non-hydrogen) atoms. The SMILES string of the molecule is Cc1ccc(OC[C@H](C)NC(=O)Cn2cccnc2=O)cc1. The largest absolute Gasteiger partial charge is 0.491 e. The molecule has 6 heteroatoms. The first-order chi connectivity index (χ1) is 10.5. The Morgan fingerprint density at radius 1 is 1.36 bits per heavy atom. The van der Waals surface area contributed by atoms with E-state index in [2.05, 4.69) is 10.3 Å². The van der Waals surface area contributed by atoms with Crippen LogP contribution in [0.5, 0.6) is 5.75 Å². The quantitative estimate of drug-likeness (QED) is 0.868. The van der Waals surface area contributed by atoms with E-state index in [1.807, 2.05) is 38.1 Å². The normalized spacial score (nSPS) is 11.7. The molecule has 2 aromatic rings. The van der Waals surface area contributed by atoms with Crippen molar-refractivity contribution in [2.45, 2.75) is 26.4 Å². The molecule has 1 aromatic carbocycles. The van der Waals surface area contributed by atoms with Gasteiger partial charge in [0.2, 0.25) is 5.91 Å². The first-order valence-electron chi connectivity index (χ1n) is 7.05. The third kappa shape index (κ3) is 4.73. The molecule has 0 fully saturated rings. The number of nitrogens with one attached hydrogen (secondary N) is 1. The van der Waals surface area contributed by atoms with Crippen LogP contribution in [-0.2, 0) is 11.3 Å². The van der Waals surface area contributed by atoms with Crippen molar-refractivity contribution in [3.05, 3.63) is 58.8 Å². The summed E-state index contributed by atoms with van der Waals surface area (Å²) in [6.45, 7) is 4.16. The molecule has 0 saturated carbocycles. The Labute approximate surface area is 128 Å². The summed E-state index contributed by atoms with van der Waals surface area (Å²) in [6, 6.07) is 9.15. The molecule has 1 heterocycles. The maximum Gasteiger partial charge on any atom is 0.347 e. The first-order valence-corrected chi connectivity index (χ1v) is 7.05. The molecule has 0 aliphatic rings. The summed E-state index contributed by atoms with van der Waals surface area (Å²) >= 11 is 0. The molecular weight excluding hydrogens is 282 g/mol. The van der Waals surface area contributed by atoms with E-state index in [0.29, 0.717) is 6.61 Å². The lowest BCUT2D eigenvalue weighted by Gasteiger charge is -2.15. The molecule has 0 aliphatic heterocycles. The summed E-state index contributed by atoms with van der Waals surface area (Å²) in [4.78, 5) is 26.9. The number of benzene rings is 1. The van der Waals surface area contributed by atoms with Crippen LogP contribution in [0.4, 0.5) is 0 Å². The van der Waals surface area contributed by atoms with Gasteiger partial charge in [-0.05, 0) is 32.0 Å². The Morgan fingerprint density at radius 2 is 2.09 bits per heavy atom. The number of nitrogens with zero attached hydrogens (tertiary/aromatic N) is 2. The molecule has 0 bridgehead atoms. The molecule has 0 radical (unpaired) electrons. The summed E-state index contributed by atoms with van der Waals surface area (Å²) < 4.78 is 6.85. The Balaban J connectivity index is 1.80. The molecule has 2 rings (SSSR count). The summed E-state index contributed by atoms with van der Waals surface area (Å²) in [5, 5.41) is 2.79. The van der Waals surface area contributed by atoms with Crippen LogP contribution in [0.3, 0.4) is 0 Å². The second-order valence-electron chi connectivity index (χ2n) is 5.12. The Hall–Kier alpha value is -2.63. The minimum Gasteiger partial charge on any atom is -0.491 e. The molecule has 1 N–H and O–H groups in total. The van der Waals surface area contributed by atoms with Crippen LogP contribution in [0, 0.1) is 6.92 Å². The van der Waals surface area contributed by atoms with Crippen LogP contribution in [0.15, 0.2) is 47.5 Å². The molecule has 1 amide bonds. The van der Waals surface area contributed by atoms with Gasteiger partial charge in [0.15, 0.2) is 0 Å². The zero-order chi connectivity index (χ0) is 15.9. The number of carbonyl (C=O) groups is 1. The van der Waals surface area contributed by atoms with Crippen molar-refractivity contribution >= 4 is 5.91 Å². The Morgan fingerprint density at radius 3 is 2.77 bits per heavy atom. The maximum absolute atomic E-state index is 11.9. The second-order valence-corrected chi connectivity index (χ2v) is 5.12. The zero-order valence-electron chi connectivity index (χ0n) is 12.7. The Bertz CT molecular complexity index is 680. The lowest BCUT2D eigenvalue weighted by Crippen LogP contribution is -2.40. The average molecular weight is 301 g/mol. The highest BCUT2D eigenvalue weighted by Crippen LogP contribution is 2.11. The number of amides is 1. The van der Waals surface area contributed by atoms with Gasteiger partial charge in [-0.2, -0.15) is 0 Å². The average Bonchev–Trinajstić information content (AvgIpc) is 2.49. The van der Waals surface area contributed by atoms with E-state index in [1.165, 1.54) is 17.0 Å². The van der Waals surface area contributed by atoms with Crippen molar-refractivity contribution in [3.63, 3.8) is 0 Å². The van der Waals surface area contributed by atoms with Crippen LogP contribution in [0.2, 0.25) is 0 Å². The van der Waals surface area contributed by atoms with Crippen LogP contribution in [0.25, 0.3) is 0 Å². The van der Waals surface area contributed by atoms with Gasteiger partial charge in [-0.3, -0.25) is 9.36 Å². The number of aryl methyl sites for hydroxylation is 1. The van der Waals surface area contributed by atoms with Gasteiger partial charge in [-0.1, -0.05) is 17.7 Å². The van der Waals surface area contributed by atoms with Crippen molar-refractivity contribution in [2.24, 2.45) is 0 Å². The summed E-state index contributed by atoms with van der Waals surface area (Å²) in [5.74, 6) is 0.505. The predicted octanol–water partition coefficient (Wildman–Crippen LogP) is 1.14. The van der Waals surface area contributed by atoms with E-state index < -0.39 is 5.69 Å². The number of hydrogen-bond acceptors (Lipinski definition) is 4. The maximum atomic E-state index is 11.9. The summed E-state index contributed by atoms with van der Waals surface area (Å²) in [7, 11) is 0.